The predicted molar refractivity (Wildman–Crippen MR) is 83.8 cm³/mol. The van der Waals surface area contributed by atoms with Crippen LogP contribution in [0.2, 0.25) is 0 Å². The van der Waals surface area contributed by atoms with Gasteiger partial charge >= 0.3 is 0 Å². The van der Waals surface area contributed by atoms with Crippen LogP contribution in [0.3, 0.4) is 0 Å². The third kappa shape index (κ3) is 3.70. The van der Waals surface area contributed by atoms with E-state index in [-0.39, 0.29) is 0 Å². The minimum Gasteiger partial charge on any atom is -0.310 e. The molecule has 0 radical (unpaired) electrons. The minimum absolute atomic E-state index is 0.427. The van der Waals surface area contributed by atoms with Crippen LogP contribution in [0.15, 0.2) is 36.7 Å². The van der Waals surface area contributed by atoms with Gasteiger partial charge in [0.25, 0.3) is 0 Å². The highest BCUT2D eigenvalue weighted by atomic mass is 15.2. The lowest BCUT2D eigenvalue weighted by atomic mass is 9.94. The van der Waals surface area contributed by atoms with Crippen molar-refractivity contribution in [1.29, 1.82) is 0 Å². The van der Waals surface area contributed by atoms with E-state index in [1.165, 1.54) is 16.7 Å². The van der Waals surface area contributed by atoms with Crippen LogP contribution in [0.4, 0.5) is 0 Å². The van der Waals surface area contributed by atoms with Crippen molar-refractivity contribution in [3.63, 3.8) is 0 Å². The van der Waals surface area contributed by atoms with Crippen molar-refractivity contribution >= 4 is 0 Å². The lowest BCUT2D eigenvalue weighted by Gasteiger charge is -2.21. The Morgan fingerprint density at radius 1 is 1.25 bits per heavy atom. The van der Waals surface area contributed by atoms with Crippen LogP contribution in [0, 0.1) is 0 Å². The van der Waals surface area contributed by atoms with Gasteiger partial charge in [0.15, 0.2) is 0 Å². The fourth-order valence-electron chi connectivity index (χ4n) is 2.72. The van der Waals surface area contributed by atoms with Crippen molar-refractivity contribution in [2.24, 2.45) is 7.05 Å². The summed E-state index contributed by atoms with van der Waals surface area (Å²) >= 11 is 0. The molecule has 0 aliphatic carbocycles. The molecule has 3 nitrogen and oxygen atoms in total. The van der Waals surface area contributed by atoms with Gasteiger partial charge in [-0.1, -0.05) is 38.1 Å². The Bertz CT molecular complexity index is 531. The topological polar surface area (TPSA) is 29.9 Å². The van der Waals surface area contributed by atoms with Crippen LogP contribution in [0.25, 0.3) is 0 Å². The van der Waals surface area contributed by atoms with Crippen LogP contribution in [-0.2, 0) is 19.9 Å². The standard InChI is InChI=1S/C17H25N3/c1-4-15-8-6-7-9-16(15)17(18-5-2)11-10-14-12-19-20(3)13-14/h6-9,12-13,17-18H,4-5,10-11H2,1-3H3. The summed E-state index contributed by atoms with van der Waals surface area (Å²) in [5, 5.41) is 7.87. The first-order valence-corrected chi connectivity index (χ1v) is 7.53. The Morgan fingerprint density at radius 2 is 2.05 bits per heavy atom. The second kappa shape index (κ2) is 7.25. The number of hydrogen-bond acceptors (Lipinski definition) is 2. The zero-order chi connectivity index (χ0) is 14.4. The van der Waals surface area contributed by atoms with Gasteiger partial charge in [-0.3, -0.25) is 4.68 Å². The fourth-order valence-corrected chi connectivity index (χ4v) is 2.72. The molecule has 108 valence electrons. The Balaban J connectivity index is 2.10. The maximum Gasteiger partial charge on any atom is 0.0521 e. The van der Waals surface area contributed by atoms with Gasteiger partial charge < -0.3 is 5.32 Å². The first kappa shape index (κ1) is 14.8. The van der Waals surface area contributed by atoms with Crippen molar-refractivity contribution in [3.8, 4) is 0 Å². The molecule has 0 amide bonds. The van der Waals surface area contributed by atoms with Gasteiger partial charge in [0.05, 0.1) is 6.20 Å². The quantitative estimate of drug-likeness (QED) is 0.837. The van der Waals surface area contributed by atoms with E-state index in [9.17, 15) is 0 Å². The van der Waals surface area contributed by atoms with E-state index < -0.39 is 0 Å². The second-order valence-electron chi connectivity index (χ2n) is 5.22. The normalized spacial score (nSPS) is 12.6. The van der Waals surface area contributed by atoms with Crippen molar-refractivity contribution < 1.29 is 0 Å². The van der Waals surface area contributed by atoms with E-state index in [4.69, 9.17) is 0 Å². The maximum atomic E-state index is 4.24. The highest BCUT2D eigenvalue weighted by molar-refractivity contribution is 5.30. The largest absolute Gasteiger partial charge is 0.310 e. The van der Waals surface area contributed by atoms with Crippen molar-refractivity contribution in [2.45, 2.75) is 39.2 Å². The lowest BCUT2D eigenvalue weighted by Crippen LogP contribution is -2.22. The van der Waals surface area contributed by atoms with E-state index >= 15 is 0 Å². The van der Waals surface area contributed by atoms with E-state index in [1.54, 1.807) is 0 Å². The molecule has 2 rings (SSSR count). The number of nitrogens with one attached hydrogen (secondary N) is 1. The van der Waals surface area contributed by atoms with E-state index in [1.807, 2.05) is 17.9 Å². The summed E-state index contributed by atoms with van der Waals surface area (Å²) in [6.45, 7) is 5.39. The Hall–Kier alpha value is -1.61. The van der Waals surface area contributed by atoms with Gasteiger partial charge in [-0.05, 0) is 42.5 Å². The first-order chi connectivity index (χ1) is 9.74. The molecule has 0 fully saturated rings. The summed E-state index contributed by atoms with van der Waals surface area (Å²) in [6.07, 6.45) is 7.33. The van der Waals surface area contributed by atoms with Crippen molar-refractivity contribution in [1.82, 2.24) is 15.1 Å². The molecule has 1 atom stereocenters. The monoisotopic (exact) mass is 271 g/mol. The van der Waals surface area contributed by atoms with E-state index in [0.717, 1.165) is 25.8 Å². The highest BCUT2D eigenvalue weighted by Crippen LogP contribution is 2.23. The molecule has 1 aromatic carbocycles. The second-order valence-corrected chi connectivity index (χ2v) is 5.22. The van der Waals surface area contributed by atoms with Crippen LogP contribution >= 0.6 is 0 Å². The average molecular weight is 271 g/mol. The van der Waals surface area contributed by atoms with Crippen LogP contribution in [0.1, 0.15) is 43.0 Å². The van der Waals surface area contributed by atoms with Crippen LogP contribution in [-0.4, -0.2) is 16.3 Å². The molecular formula is C17H25N3. The number of rotatable bonds is 7. The summed E-state index contributed by atoms with van der Waals surface area (Å²) in [5.74, 6) is 0. The number of benzene rings is 1. The molecule has 1 unspecified atom stereocenters. The molecule has 1 N–H and O–H groups in total. The predicted octanol–water partition coefficient (Wildman–Crippen LogP) is 3.27. The number of nitrogens with zero attached hydrogens (tertiary/aromatic N) is 2. The van der Waals surface area contributed by atoms with Gasteiger partial charge in [-0.25, -0.2) is 0 Å². The SMILES string of the molecule is CCNC(CCc1cnn(C)c1)c1ccccc1CC. The highest BCUT2D eigenvalue weighted by Gasteiger charge is 2.13. The number of aryl methyl sites for hydroxylation is 3. The van der Waals surface area contributed by atoms with Gasteiger partial charge in [0.2, 0.25) is 0 Å². The van der Waals surface area contributed by atoms with Gasteiger partial charge in [-0.15, -0.1) is 0 Å². The molecule has 0 bridgehead atoms. The molecule has 0 aliphatic heterocycles. The van der Waals surface area contributed by atoms with E-state index in [2.05, 4.69) is 54.7 Å². The number of hydrogen-bond donors (Lipinski definition) is 1. The summed E-state index contributed by atoms with van der Waals surface area (Å²) in [5.41, 5.74) is 4.20. The van der Waals surface area contributed by atoms with Gasteiger partial charge in [0.1, 0.15) is 0 Å². The summed E-state index contributed by atoms with van der Waals surface area (Å²) in [6, 6.07) is 9.20. The van der Waals surface area contributed by atoms with Crippen LogP contribution in [0.5, 0.6) is 0 Å². The Kier molecular flexibility index (Phi) is 5.36. The molecule has 20 heavy (non-hydrogen) atoms. The molecule has 2 aromatic rings. The lowest BCUT2D eigenvalue weighted by molar-refractivity contribution is 0.512. The molecule has 1 aromatic heterocycles. The molecule has 3 heteroatoms. The van der Waals surface area contributed by atoms with Crippen molar-refractivity contribution in [3.05, 3.63) is 53.3 Å². The Morgan fingerprint density at radius 3 is 2.70 bits per heavy atom. The summed E-state index contributed by atoms with van der Waals surface area (Å²) in [4.78, 5) is 0. The molecule has 0 saturated carbocycles. The van der Waals surface area contributed by atoms with Gasteiger partial charge in [0, 0.05) is 19.3 Å². The maximum absolute atomic E-state index is 4.24. The molecular weight excluding hydrogens is 246 g/mol. The first-order valence-electron chi connectivity index (χ1n) is 7.53. The Labute approximate surface area is 122 Å². The molecule has 0 spiro atoms. The fraction of sp³-hybridized carbons (Fsp3) is 0.471. The van der Waals surface area contributed by atoms with E-state index in [0.29, 0.717) is 6.04 Å². The average Bonchev–Trinajstić information content (AvgIpc) is 2.89. The summed E-state index contributed by atoms with van der Waals surface area (Å²) < 4.78 is 1.87. The molecule has 0 saturated heterocycles. The summed E-state index contributed by atoms with van der Waals surface area (Å²) in [7, 11) is 1.97. The number of aromatic nitrogens is 2. The molecule has 0 aliphatic rings. The third-order valence-corrected chi connectivity index (χ3v) is 3.74. The zero-order valence-corrected chi connectivity index (χ0v) is 12.8. The zero-order valence-electron chi connectivity index (χ0n) is 12.8. The van der Waals surface area contributed by atoms with Crippen molar-refractivity contribution in [2.75, 3.05) is 6.54 Å². The van der Waals surface area contributed by atoms with Gasteiger partial charge in [-0.2, -0.15) is 5.10 Å². The third-order valence-electron chi connectivity index (χ3n) is 3.74. The van der Waals surface area contributed by atoms with Crippen LogP contribution < -0.4 is 5.32 Å². The smallest absolute Gasteiger partial charge is 0.0521 e. The molecule has 1 heterocycles. The minimum atomic E-state index is 0.427.